The summed E-state index contributed by atoms with van der Waals surface area (Å²) in [5.41, 5.74) is 4.07. The first-order valence-corrected chi connectivity index (χ1v) is 7.97. The molecule has 1 aliphatic heterocycles. The summed E-state index contributed by atoms with van der Waals surface area (Å²) in [7, 11) is 0. The Kier molecular flexibility index (Phi) is 4.27. The van der Waals surface area contributed by atoms with Crippen LogP contribution >= 0.6 is 0 Å². The molecule has 1 saturated heterocycles. The quantitative estimate of drug-likeness (QED) is 0.789. The second-order valence-corrected chi connectivity index (χ2v) is 6.32. The van der Waals surface area contributed by atoms with Crippen LogP contribution < -0.4 is 10.6 Å². The van der Waals surface area contributed by atoms with Crippen molar-refractivity contribution in [3.05, 3.63) is 34.9 Å². The molecule has 114 valence electrons. The fourth-order valence-corrected chi connectivity index (χ4v) is 3.34. The fourth-order valence-electron chi connectivity index (χ4n) is 3.34. The molecule has 0 aromatic heterocycles. The summed E-state index contributed by atoms with van der Waals surface area (Å²) in [5, 5.41) is 15.6. The number of hydrogen-bond acceptors (Lipinski definition) is 3. The second kappa shape index (κ2) is 6.16. The summed E-state index contributed by atoms with van der Waals surface area (Å²) >= 11 is 0. The maximum atomic E-state index is 12.2. The molecule has 0 saturated carbocycles. The summed E-state index contributed by atoms with van der Waals surface area (Å²) < 4.78 is 0. The van der Waals surface area contributed by atoms with Crippen LogP contribution in [0.15, 0.2) is 18.2 Å². The van der Waals surface area contributed by atoms with Gasteiger partial charge in [-0.05, 0) is 55.7 Å². The number of nitrogens with one attached hydrogen (secondary N) is 2. The first-order valence-electron chi connectivity index (χ1n) is 7.97. The number of β-amino-alcohol motifs (C(OH)–C–C–N with tert-alkyl or cyclic N) is 1. The molecular weight excluding hydrogens is 264 g/mol. The molecule has 0 unspecified atom stereocenters. The molecule has 1 aromatic rings. The molecule has 0 bridgehead atoms. The molecule has 2 aliphatic rings. The molecule has 0 spiro atoms. The van der Waals surface area contributed by atoms with E-state index in [1.54, 1.807) is 0 Å². The van der Waals surface area contributed by atoms with Gasteiger partial charge in [0, 0.05) is 6.54 Å². The fraction of sp³-hybridized carbons (Fsp3) is 0.588. The predicted octanol–water partition coefficient (Wildman–Crippen LogP) is 1.47. The van der Waals surface area contributed by atoms with Crippen molar-refractivity contribution in [1.29, 1.82) is 0 Å². The standard InChI is InChI=1S/C17H24N2O2/c1-11(19-17(21)16-9-15(20)10-18-16)13-7-6-12-4-2-3-5-14(12)8-13/h6-8,11,15-16,18,20H,2-5,9-10H2,1H3,(H,19,21)/t11-,15-,16-/m0/s1. The van der Waals surface area contributed by atoms with E-state index in [9.17, 15) is 9.90 Å². The Morgan fingerprint density at radius 1 is 1.33 bits per heavy atom. The Morgan fingerprint density at radius 3 is 2.81 bits per heavy atom. The number of aliphatic hydroxyl groups is 1. The Hall–Kier alpha value is -1.39. The van der Waals surface area contributed by atoms with Gasteiger partial charge in [-0.2, -0.15) is 0 Å². The highest BCUT2D eigenvalue weighted by molar-refractivity contribution is 5.82. The van der Waals surface area contributed by atoms with E-state index in [0.29, 0.717) is 13.0 Å². The van der Waals surface area contributed by atoms with Crippen molar-refractivity contribution in [3.8, 4) is 0 Å². The maximum absolute atomic E-state index is 12.2. The van der Waals surface area contributed by atoms with Crippen molar-refractivity contribution in [2.24, 2.45) is 0 Å². The summed E-state index contributed by atoms with van der Waals surface area (Å²) in [6, 6.07) is 6.33. The third kappa shape index (κ3) is 3.27. The van der Waals surface area contributed by atoms with E-state index in [1.165, 1.54) is 36.0 Å². The van der Waals surface area contributed by atoms with Gasteiger partial charge in [-0.3, -0.25) is 4.79 Å². The number of carbonyl (C=O) groups excluding carboxylic acids is 1. The van der Waals surface area contributed by atoms with Gasteiger partial charge in [0.05, 0.1) is 18.2 Å². The Labute approximate surface area is 125 Å². The number of hydrogen-bond donors (Lipinski definition) is 3. The largest absolute Gasteiger partial charge is 0.392 e. The number of benzene rings is 1. The SMILES string of the molecule is C[C@H](NC(=O)[C@@H]1C[C@H](O)CN1)c1ccc2c(c1)CCCC2. The number of fused-ring (bicyclic) bond motifs is 1. The van der Waals surface area contributed by atoms with Gasteiger partial charge in [0.15, 0.2) is 0 Å². The van der Waals surface area contributed by atoms with Crippen molar-refractivity contribution in [2.75, 3.05) is 6.54 Å². The van der Waals surface area contributed by atoms with Crippen LogP contribution in [0.25, 0.3) is 0 Å². The Morgan fingerprint density at radius 2 is 2.10 bits per heavy atom. The molecule has 4 heteroatoms. The smallest absolute Gasteiger partial charge is 0.237 e. The number of aliphatic hydroxyl groups excluding tert-OH is 1. The van der Waals surface area contributed by atoms with Crippen molar-refractivity contribution in [1.82, 2.24) is 10.6 Å². The van der Waals surface area contributed by atoms with Crippen molar-refractivity contribution in [2.45, 2.75) is 57.2 Å². The molecule has 0 radical (unpaired) electrons. The first-order chi connectivity index (χ1) is 10.1. The van der Waals surface area contributed by atoms with Crippen molar-refractivity contribution >= 4 is 5.91 Å². The zero-order chi connectivity index (χ0) is 14.8. The van der Waals surface area contributed by atoms with Gasteiger partial charge >= 0.3 is 0 Å². The van der Waals surface area contributed by atoms with Gasteiger partial charge in [0.2, 0.25) is 5.91 Å². The van der Waals surface area contributed by atoms with E-state index < -0.39 is 6.10 Å². The predicted molar refractivity (Wildman–Crippen MR) is 82.1 cm³/mol. The summed E-state index contributed by atoms with van der Waals surface area (Å²) in [6.45, 7) is 2.53. The lowest BCUT2D eigenvalue weighted by atomic mass is 9.89. The lowest BCUT2D eigenvalue weighted by Crippen LogP contribution is -2.41. The van der Waals surface area contributed by atoms with E-state index in [-0.39, 0.29) is 18.0 Å². The molecule has 1 fully saturated rings. The number of rotatable bonds is 3. The monoisotopic (exact) mass is 288 g/mol. The zero-order valence-corrected chi connectivity index (χ0v) is 12.6. The number of carbonyl (C=O) groups is 1. The average molecular weight is 288 g/mol. The Bertz CT molecular complexity index is 530. The molecule has 1 aliphatic carbocycles. The molecule has 1 heterocycles. The minimum atomic E-state index is -0.403. The molecule has 3 N–H and O–H groups in total. The van der Waals surface area contributed by atoms with Gasteiger partial charge in [-0.1, -0.05) is 18.2 Å². The minimum Gasteiger partial charge on any atom is -0.392 e. The first kappa shape index (κ1) is 14.5. The van der Waals surface area contributed by atoms with Crippen molar-refractivity contribution < 1.29 is 9.90 Å². The second-order valence-electron chi connectivity index (χ2n) is 6.32. The van der Waals surface area contributed by atoms with Gasteiger partial charge in [0.1, 0.15) is 0 Å². The van der Waals surface area contributed by atoms with E-state index >= 15 is 0 Å². The van der Waals surface area contributed by atoms with Gasteiger partial charge < -0.3 is 15.7 Å². The lowest BCUT2D eigenvalue weighted by Gasteiger charge is -2.21. The number of amides is 1. The molecule has 3 atom stereocenters. The lowest BCUT2D eigenvalue weighted by molar-refractivity contribution is -0.123. The van der Waals surface area contributed by atoms with E-state index in [2.05, 4.69) is 28.8 Å². The van der Waals surface area contributed by atoms with Gasteiger partial charge in [0.25, 0.3) is 0 Å². The molecule has 1 amide bonds. The third-order valence-electron chi connectivity index (χ3n) is 4.66. The molecule has 21 heavy (non-hydrogen) atoms. The van der Waals surface area contributed by atoms with Crippen LogP contribution in [0, 0.1) is 0 Å². The molecular formula is C17H24N2O2. The van der Waals surface area contributed by atoms with Crippen LogP contribution in [-0.4, -0.2) is 29.7 Å². The highest BCUT2D eigenvalue weighted by Gasteiger charge is 2.28. The van der Waals surface area contributed by atoms with Crippen LogP contribution in [0.2, 0.25) is 0 Å². The van der Waals surface area contributed by atoms with E-state index in [1.807, 2.05) is 6.92 Å². The van der Waals surface area contributed by atoms with Crippen LogP contribution in [0.4, 0.5) is 0 Å². The minimum absolute atomic E-state index is 0.00395. The van der Waals surface area contributed by atoms with Crippen LogP contribution in [-0.2, 0) is 17.6 Å². The summed E-state index contributed by atoms with van der Waals surface area (Å²) in [6.07, 6.45) is 4.98. The summed E-state index contributed by atoms with van der Waals surface area (Å²) in [5.74, 6) is -0.0169. The van der Waals surface area contributed by atoms with E-state index in [0.717, 1.165) is 6.42 Å². The highest BCUT2D eigenvalue weighted by Crippen LogP contribution is 2.25. The zero-order valence-electron chi connectivity index (χ0n) is 12.6. The molecule has 1 aromatic carbocycles. The normalized spacial score (nSPS) is 26.2. The Balaban J connectivity index is 1.65. The maximum Gasteiger partial charge on any atom is 0.237 e. The third-order valence-corrected chi connectivity index (χ3v) is 4.66. The van der Waals surface area contributed by atoms with Crippen LogP contribution in [0.1, 0.15) is 48.9 Å². The average Bonchev–Trinajstić information content (AvgIpc) is 2.93. The van der Waals surface area contributed by atoms with Gasteiger partial charge in [-0.25, -0.2) is 0 Å². The van der Waals surface area contributed by atoms with Gasteiger partial charge in [-0.15, -0.1) is 0 Å². The van der Waals surface area contributed by atoms with E-state index in [4.69, 9.17) is 0 Å². The van der Waals surface area contributed by atoms with Crippen molar-refractivity contribution in [3.63, 3.8) is 0 Å². The molecule has 4 nitrogen and oxygen atoms in total. The number of aryl methyl sites for hydroxylation is 2. The van der Waals surface area contributed by atoms with Crippen LogP contribution in [0.3, 0.4) is 0 Å². The summed E-state index contributed by atoms with van der Waals surface area (Å²) in [4.78, 5) is 12.2. The molecule has 3 rings (SSSR count). The van der Waals surface area contributed by atoms with Crippen LogP contribution in [0.5, 0.6) is 0 Å². The highest BCUT2D eigenvalue weighted by atomic mass is 16.3. The topological polar surface area (TPSA) is 61.4 Å².